The second-order valence-electron chi connectivity index (χ2n) is 10.7. The van der Waals surface area contributed by atoms with Crippen molar-refractivity contribution in [3.05, 3.63) is 0 Å². The minimum atomic E-state index is -2.62. The van der Waals surface area contributed by atoms with Crippen LogP contribution in [0.1, 0.15) is 99.8 Å². The van der Waals surface area contributed by atoms with Crippen LogP contribution in [0, 0.1) is 0 Å². The molecule has 263 valence electrons. The molecule has 0 spiro atoms. The molecule has 0 aliphatic rings. The van der Waals surface area contributed by atoms with Crippen LogP contribution in [0.25, 0.3) is 0 Å². The first kappa shape index (κ1) is 44.5. The van der Waals surface area contributed by atoms with E-state index in [-0.39, 0.29) is 5.79 Å². The van der Waals surface area contributed by atoms with Crippen molar-refractivity contribution >= 4 is 36.4 Å². The predicted octanol–water partition coefficient (Wildman–Crippen LogP) is 5.96. The Morgan fingerprint density at radius 1 is 0.568 bits per heavy atom. The lowest BCUT2D eigenvalue weighted by atomic mass is 10.1. The molecule has 3 radical (unpaired) electrons. The van der Waals surface area contributed by atoms with Crippen LogP contribution in [-0.4, -0.2) is 109 Å². The molecule has 0 bridgehead atoms. The predicted molar refractivity (Wildman–Crippen MR) is 187 cm³/mol. The number of rotatable bonds is 34. The zero-order valence-corrected chi connectivity index (χ0v) is 33.9. The molecule has 0 heterocycles. The quantitative estimate of drug-likeness (QED) is 0.0476. The lowest BCUT2D eigenvalue weighted by Gasteiger charge is -2.29. The van der Waals surface area contributed by atoms with Crippen molar-refractivity contribution in [2.24, 2.45) is 0 Å². The standard InChI is InChI=1S/C30H69N2O8Si4/c1-10-35-43(36-11-2,37-12-3)27-21-24-31-30(32-25-22-28-44(38-13-4,39-14-5)40-15-6)41-26-20-18-16-17-19-23-29(7)42(33-8)34-9/h29-32H,10-28H2,1-9H3. The fourth-order valence-electron chi connectivity index (χ4n) is 5.28. The fourth-order valence-corrected chi connectivity index (χ4v) is 13.2. The number of nitrogens with one attached hydrogen (secondary N) is 2. The van der Waals surface area contributed by atoms with Crippen LogP contribution in [-0.2, 0) is 35.4 Å². The van der Waals surface area contributed by atoms with Crippen molar-refractivity contribution < 1.29 is 35.4 Å². The summed E-state index contributed by atoms with van der Waals surface area (Å²) in [7, 11) is -2.01. The molecule has 0 aromatic carbocycles. The van der Waals surface area contributed by atoms with Gasteiger partial charge in [-0.2, -0.15) is 0 Å². The largest absolute Gasteiger partial charge is 0.500 e. The van der Waals surface area contributed by atoms with Crippen LogP contribution in [0.2, 0.25) is 23.7 Å². The summed E-state index contributed by atoms with van der Waals surface area (Å²) in [6.45, 7) is 19.8. The van der Waals surface area contributed by atoms with Gasteiger partial charge in [0.25, 0.3) is 0 Å². The van der Waals surface area contributed by atoms with Gasteiger partial charge in [-0.15, -0.1) is 0 Å². The van der Waals surface area contributed by atoms with Gasteiger partial charge in [-0.3, -0.25) is 0 Å². The highest BCUT2D eigenvalue weighted by atomic mass is 28.4. The Morgan fingerprint density at radius 2 is 0.955 bits per heavy atom. The highest BCUT2D eigenvalue weighted by Gasteiger charge is 2.40. The van der Waals surface area contributed by atoms with Crippen LogP contribution in [0.3, 0.4) is 0 Å². The van der Waals surface area contributed by atoms with Gasteiger partial charge in [0, 0.05) is 77.3 Å². The van der Waals surface area contributed by atoms with Crippen LogP contribution in [0.5, 0.6) is 0 Å². The van der Waals surface area contributed by atoms with E-state index >= 15 is 0 Å². The third-order valence-corrected chi connectivity index (χ3v) is 16.8. The summed E-state index contributed by atoms with van der Waals surface area (Å²) in [6, 6.07) is 2.88. The molecule has 0 rings (SSSR count). The average Bonchev–Trinajstić information content (AvgIpc) is 2.99. The molecule has 0 amide bonds. The van der Waals surface area contributed by atoms with E-state index in [9.17, 15) is 0 Å². The lowest BCUT2D eigenvalue weighted by molar-refractivity contribution is 0.0701. The zero-order valence-electron chi connectivity index (χ0n) is 29.9. The van der Waals surface area contributed by atoms with Gasteiger partial charge >= 0.3 is 26.9 Å². The maximum Gasteiger partial charge on any atom is 0.500 e. The summed E-state index contributed by atoms with van der Waals surface area (Å²) in [5.74, 6) is 0.282. The van der Waals surface area contributed by atoms with Gasteiger partial charge < -0.3 is 46.0 Å². The van der Waals surface area contributed by atoms with Gasteiger partial charge in [-0.25, -0.2) is 0 Å². The Labute approximate surface area is 278 Å². The van der Waals surface area contributed by atoms with Crippen molar-refractivity contribution in [1.29, 1.82) is 0 Å². The lowest BCUT2D eigenvalue weighted by Crippen LogP contribution is -2.50. The Morgan fingerprint density at radius 3 is 1.34 bits per heavy atom. The van der Waals surface area contributed by atoms with Gasteiger partial charge in [0.05, 0.1) is 9.52 Å². The topological polar surface area (TPSA) is 97.9 Å². The molecular weight excluding hydrogens is 629 g/mol. The summed E-state index contributed by atoms with van der Waals surface area (Å²) >= 11 is 0. The fraction of sp³-hybridized carbons (Fsp3) is 1.00. The molecule has 2 N–H and O–H groups in total. The second-order valence-corrected chi connectivity index (χ2v) is 20.0. The molecule has 14 heteroatoms. The van der Waals surface area contributed by atoms with E-state index < -0.39 is 26.9 Å². The van der Waals surface area contributed by atoms with E-state index in [1.54, 1.807) is 14.2 Å². The zero-order chi connectivity index (χ0) is 32.9. The molecule has 10 nitrogen and oxygen atoms in total. The minimum absolute atomic E-state index is 0.282. The molecule has 1 unspecified atom stereocenters. The molecular formula is C30H69N2O8Si4. The van der Waals surface area contributed by atoms with E-state index in [0.717, 1.165) is 47.5 Å². The second kappa shape index (κ2) is 29.6. The molecule has 0 aliphatic carbocycles. The summed E-state index contributed by atoms with van der Waals surface area (Å²) in [6.07, 6.45) is 9.49. The van der Waals surface area contributed by atoms with Crippen molar-refractivity contribution in [3.63, 3.8) is 0 Å². The molecule has 0 saturated heterocycles. The molecule has 1 atom stereocenters. The van der Waals surface area contributed by atoms with Gasteiger partial charge in [-0.05, 0) is 73.9 Å². The Hall–Kier alpha value is 0.468. The highest BCUT2D eigenvalue weighted by molar-refractivity contribution is 6.61. The number of hydrogen-bond acceptors (Lipinski definition) is 10. The van der Waals surface area contributed by atoms with E-state index in [0.29, 0.717) is 45.2 Å². The van der Waals surface area contributed by atoms with Gasteiger partial charge in [0.1, 0.15) is 0 Å². The molecule has 0 aromatic heterocycles. The molecule has 0 aromatic rings. The first-order chi connectivity index (χ1) is 21.3. The number of unbranched alkanes of at least 4 members (excludes halogenated alkanes) is 4. The smallest absolute Gasteiger partial charge is 0.397 e. The first-order valence-electron chi connectivity index (χ1n) is 17.3. The van der Waals surface area contributed by atoms with Crippen LogP contribution in [0.15, 0.2) is 0 Å². The molecule has 0 fully saturated rings. The van der Waals surface area contributed by atoms with Gasteiger partial charge in [0.2, 0.25) is 0 Å². The normalized spacial score (nSPS) is 13.4. The van der Waals surface area contributed by atoms with Crippen molar-refractivity contribution in [1.82, 2.24) is 10.6 Å². The first-order valence-corrected chi connectivity index (χ1v) is 23.9. The third-order valence-electron chi connectivity index (χ3n) is 7.17. The molecule has 0 aliphatic heterocycles. The monoisotopic (exact) mass is 697 g/mol. The van der Waals surface area contributed by atoms with Crippen molar-refractivity contribution in [2.75, 3.05) is 67.0 Å². The Balaban J connectivity index is 4.84. The van der Waals surface area contributed by atoms with Crippen LogP contribution < -0.4 is 10.6 Å². The average molecular weight is 698 g/mol. The summed E-state index contributed by atoms with van der Waals surface area (Å²) in [5, 5.41) is 7.58. The molecule has 44 heavy (non-hydrogen) atoms. The maximum absolute atomic E-state index is 6.05. The molecule has 0 saturated carbocycles. The number of hydrogen-bond donors (Lipinski definition) is 2. The van der Waals surface area contributed by atoms with E-state index in [1.807, 2.05) is 41.5 Å². The van der Waals surface area contributed by atoms with E-state index in [2.05, 4.69) is 17.6 Å². The third kappa shape index (κ3) is 20.6. The van der Waals surface area contributed by atoms with Gasteiger partial charge in [-0.1, -0.05) is 45.1 Å². The van der Waals surface area contributed by atoms with Crippen LogP contribution >= 0.6 is 0 Å². The van der Waals surface area contributed by atoms with E-state index in [1.165, 1.54) is 44.6 Å². The van der Waals surface area contributed by atoms with Crippen LogP contribution in [0.4, 0.5) is 0 Å². The summed E-state index contributed by atoms with van der Waals surface area (Å²) in [5.41, 5.74) is 0.529. The Bertz CT molecular complexity index is 562. The van der Waals surface area contributed by atoms with Crippen molar-refractivity contribution in [3.8, 4) is 0 Å². The summed E-state index contributed by atoms with van der Waals surface area (Å²) in [4.78, 5) is 0. The minimum Gasteiger partial charge on any atom is -0.397 e. The summed E-state index contributed by atoms with van der Waals surface area (Å²) < 4.78 is 47.3. The highest BCUT2D eigenvalue weighted by Crippen LogP contribution is 2.21. The van der Waals surface area contributed by atoms with E-state index in [4.69, 9.17) is 35.4 Å². The van der Waals surface area contributed by atoms with Crippen molar-refractivity contribution in [2.45, 2.75) is 129 Å². The Kier molecular flexibility index (Phi) is 29.9. The van der Waals surface area contributed by atoms with Gasteiger partial charge in [0.15, 0.2) is 0 Å². The maximum atomic E-state index is 6.05. The SMILES string of the molecule is CCO[Si](CCCNC(NCCC[Si](OCC)(OCC)OCC)[Si]CCCCCCCC(C)[Si](OC)OC)(OCC)OCC.